The third-order valence-corrected chi connectivity index (χ3v) is 6.33. The largest absolute Gasteiger partial charge is 0.502 e. The summed E-state index contributed by atoms with van der Waals surface area (Å²) < 4.78 is 0. The van der Waals surface area contributed by atoms with E-state index in [1.807, 2.05) is 12.2 Å². The molecule has 0 bridgehead atoms. The van der Waals surface area contributed by atoms with Gasteiger partial charge in [-0.15, -0.1) is 0 Å². The fourth-order valence-electron chi connectivity index (χ4n) is 4.65. The summed E-state index contributed by atoms with van der Waals surface area (Å²) in [6.45, 7) is 4.31. The van der Waals surface area contributed by atoms with Crippen molar-refractivity contribution in [1.82, 2.24) is 0 Å². The number of aliphatic hydroxyl groups is 3. The third-order valence-electron chi connectivity index (χ3n) is 6.13. The first-order chi connectivity index (χ1) is 12.4. The number of hydrogen-bond acceptors (Lipinski definition) is 4. The molecule has 0 saturated heterocycles. The molecule has 1 fully saturated rings. The lowest BCUT2D eigenvalue weighted by Crippen LogP contribution is -2.28. The van der Waals surface area contributed by atoms with Crippen LogP contribution < -0.4 is 0 Å². The first-order valence-corrected chi connectivity index (χ1v) is 10.7. The molecule has 148 valence electrons. The van der Waals surface area contributed by atoms with Crippen molar-refractivity contribution < 1.29 is 15.3 Å². The zero-order valence-corrected chi connectivity index (χ0v) is 17.0. The molecule has 5 unspecified atom stereocenters. The Balaban J connectivity index is 1.97. The number of thiocarbonyl (C=S) groups is 1. The number of fused-ring (bicyclic) bond motifs is 1. The van der Waals surface area contributed by atoms with Crippen LogP contribution in [0.4, 0.5) is 0 Å². The molecule has 1 heterocycles. The Morgan fingerprint density at radius 2 is 2.12 bits per heavy atom. The topological polar surface area (TPSA) is 73.0 Å². The van der Waals surface area contributed by atoms with Gasteiger partial charge in [-0.3, -0.25) is 4.99 Å². The molecule has 5 heteroatoms. The van der Waals surface area contributed by atoms with Gasteiger partial charge in [0.15, 0.2) is 5.05 Å². The third kappa shape index (κ3) is 5.37. The van der Waals surface area contributed by atoms with Crippen LogP contribution in [-0.4, -0.2) is 43.8 Å². The van der Waals surface area contributed by atoms with E-state index in [0.29, 0.717) is 18.8 Å². The van der Waals surface area contributed by atoms with E-state index in [1.165, 1.54) is 5.71 Å². The van der Waals surface area contributed by atoms with E-state index in [9.17, 15) is 15.3 Å². The summed E-state index contributed by atoms with van der Waals surface area (Å²) in [5, 5.41) is 30.0. The van der Waals surface area contributed by atoms with Gasteiger partial charge in [0.25, 0.3) is 0 Å². The van der Waals surface area contributed by atoms with E-state index < -0.39 is 6.10 Å². The SMILES string of the molecule is CCCCCC(O)C=CC1C(O)CC2(CC)N=C(CCCC(O)=S)CC12. The summed E-state index contributed by atoms with van der Waals surface area (Å²) in [5.41, 5.74) is 1.04. The average Bonchev–Trinajstić information content (AvgIpc) is 3.05. The van der Waals surface area contributed by atoms with Gasteiger partial charge >= 0.3 is 0 Å². The second kappa shape index (κ2) is 9.95. The van der Waals surface area contributed by atoms with Gasteiger partial charge in [-0.1, -0.05) is 45.3 Å². The lowest BCUT2D eigenvalue weighted by atomic mass is 9.80. The van der Waals surface area contributed by atoms with Gasteiger partial charge in [-0.25, -0.2) is 0 Å². The summed E-state index contributed by atoms with van der Waals surface area (Å²) in [6.07, 6.45) is 12.1. The predicted octanol–water partition coefficient (Wildman–Crippen LogP) is 4.53. The van der Waals surface area contributed by atoms with Crippen LogP contribution in [0.2, 0.25) is 0 Å². The minimum Gasteiger partial charge on any atom is -0.502 e. The number of hydrogen-bond donors (Lipinski definition) is 3. The molecular weight excluding hydrogens is 346 g/mol. The molecule has 2 rings (SSSR count). The monoisotopic (exact) mass is 381 g/mol. The van der Waals surface area contributed by atoms with Crippen molar-refractivity contribution in [3.05, 3.63) is 12.2 Å². The molecule has 0 spiro atoms. The highest BCUT2D eigenvalue weighted by Crippen LogP contribution is 2.51. The maximum atomic E-state index is 10.6. The van der Waals surface area contributed by atoms with Crippen LogP contribution in [0.3, 0.4) is 0 Å². The van der Waals surface area contributed by atoms with Crippen LogP contribution in [0.5, 0.6) is 0 Å². The first kappa shape index (κ1) is 21.5. The Labute approximate surface area is 163 Å². The Hall–Kier alpha value is -0.780. The molecule has 1 aliphatic carbocycles. The van der Waals surface area contributed by atoms with E-state index in [0.717, 1.165) is 51.4 Å². The van der Waals surface area contributed by atoms with Gasteiger partial charge in [-0.05, 0) is 56.7 Å². The Kier molecular flexibility index (Phi) is 8.24. The van der Waals surface area contributed by atoms with Crippen molar-refractivity contribution in [1.29, 1.82) is 0 Å². The zero-order valence-electron chi connectivity index (χ0n) is 16.2. The van der Waals surface area contributed by atoms with E-state index in [-0.39, 0.29) is 22.6 Å². The van der Waals surface area contributed by atoms with Crippen molar-refractivity contribution in [2.75, 3.05) is 0 Å². The highest BCUT2D eigenvalue weighted by atomic mass is 32.1. The van der Waals surface area contributed by atoms with Crippen molar-refractivity contribution in [2.24, 2.45) is 16.8 Å². The number of rotatable bonds is 11. The highest BCUT2D eigenvalue weighted by molar-refractivity contribution is 7.80. The molecular formula is C21H35NO3S. The van der Waals surface area contributed by atoms with Gasteiger partial charge < -0.3 is 15.3 Å². The molecule has 3 N–H and O–H groups in total. The molecule has 1 saturated carbocycles. The van der Waals surface area contributed by atoms with Gasteiger partial charge in [0.1, 0.15) is 0 Å². The Morgan fingerprint density at radius 3 is 2.77 bits per heavy atom. The minimum absolute atomic E-state index is 0.0657. The smallest absolute Gasteiger partial charge is 0.156 e. The van der Waals surface area contributed by atoms with Crippen molar-refractivity contribution in [2.45, 2.75) is 95.8 Å². The van der Waals surface area contributed by atoms with Crippen molar-refractivity contribution in [3.8, 4) is 0 Å². The van der Waals surface area contributed by atoms with E-state index in [2.05, 4.69) is 13.8 Å². The maximum Gasteiger partial charge on any atom is 0.156 e. The predicted molar refractivity (Wildman–Crippen MR) is 111 cm³/mol. The number of unbranched alkanes of at least 4 members (excludes halogenated alkanes) is 2. The molecule has 0 amide bonds. The van der Waals surface area contributed by atoms with Crippen LogP contribution in [0.15, 0.2) is 17.1 Å². The summed E-state index contributed by atoms with van der Waals surface area (Å²) in [7, 11) is 0. The second-order valence-corrected chi connectivity index (χ2v) is 8.46. The van der Waals surface area contributed by atoms with Crippen molar-refractivity contribution in [3.63, 3.8) is 0 Å². The van der Waals surface area contributed by atoms with E-state index >= 15 is 0 Å². The minimum atomic E-state index is -0.419. The molecule has 0 aromatic carbocycles. The summed E-state index contributed by atoms with van der Waals surface area (Å²) in [5.74, 6) is 0.383. The molecule has 4 nitrogen and oxygen atoms in total. The lowest BCUT2D eigenvalue weighted by molar-refractivity contribution is 0.140. The van der Waals surface area contributed by atoms with Gasteiger partial charge in [0.2, 0.25) is 0 Å². The number of nitrogens with zero attached hydrogens (tertiary/aromatic N) is 1. The molecule has 1 aliphatic heterocycles. The van der Waals surface area contributed by atoms with Crippen LogP contribution in [-0.2, 0) is 0 Å². The highest BCUT2D eigenvalue weighted by Gasteiger charge is 2.54. The molecule has 0 radical (unpaired) electrons. The number of aliphatic hydroxyl groups excluding tert-OH is 3. The van der Waals surface area contributed by atoms with Crippen LogP contribution in [0, 0.1) is 11.8 Å². The fourth-order valence-corrected chi connectivity index (χ4v) is 4.80. The van der Waals surface area contributed by atoms with Gasteiger partial charge in [0, 0.05) is 18.1 Å². The Bertz CT molecular complexity index is 533. The number of aliphatic imine (C=N–C) groups is 1. The molecule has 0 aromatic heterocycles. The fraction of sp³-hybridized carbons (Fsp3) is 0.810. The summed E-state index contributed by atoms with van der Waals surface area (Å²) >= 11 is 4.74. The van der Waals surface area contributed by atoms with Crippen LogP contribution in [0.1, 0.15) is 78.1 Å². The average molecular weight is 382 g/mol. The van der Waals surface area contributed by atoms with E-state index in [4.69, 9.17) is 17.2 Å². The Morgan fingerprint density at radius 1 is 1.35 bits per heavy atom. The molecule has 0 aromatic rings. The summed E-state index contributed by atoms with van der Waals surface area (Å²) in [6, 6.07) is 0. The maximum absolute atomic E-state index is 10.6. The van der Waals surface area contributed by atoms with Crippen LogP contribution >= 0.6 is 12.2 Å². The second-order valence-electron chi connectivity index (χ2n) is 7.99. The standard InChI is InChI=1S/C21H35NO3S/c1-3-5-6-9-16(23)11-12-17-18-13-15(8-7-10-20(25)26)22-21(18,4-2)14-19(17)24/h11-12,16-19,23-24H,3-10,13-14H2,1-2H3,(H,25,26). The first-order valence-electron chi connectivity index (χ1n) is 10.3. The molecule has 2 aliphatic rings. The van der Waals surface area contributed by atoms with Crippen LogP contribution in [0.25, 0.3) is 0 Å². The molecule has 5 atom stereocenters. The van der Waals surface area contributed by atoms with E-state index in [1.54, 1.807) is 0 Å². The quantitative estimate of drug-likeness (QED) is 0.279. The normalized spacial score (nSPS) is 32.0. The molecule has 26 heavy (non-hydrogen) atoms. The van der Waals surface area contributed by atoms with Gasteiger partial charge in [0.05, 0.1) is 17.7 Å². The van der Waals surface area contributed by atoms with Gasteiger partial charge in [-0.2, -0.15) is 0 Å². The zero-order chi connectivity index (χ0) is 19.2. The lowest BCUT2D eigenvalue weighted by Gasteiger charge is -2.26. The van der Waals surface area contributed by atoms with Crippen molar-refractivity contribution >= 4 is 23.0 Å². The summed E-state index contributed by atoms with van der Waals surface area (Å²) in [4.78, 5) is 5.02.